The average molecular weight is 227 g/mol. The Hall–Kier alpha value is -0.940. The molecule has 1 aromatic rings. The van der Waals surface area contributed by atoms with E-state index in [1.165, 1.54) is 0 Å². The molecule has 5 heteroatoms. The molecular weight excluding hydrogens is 206 g/mol. The molecule has 1 atom stereocenters. The fraction of sp³-hybridized carbons (Fsp3) is 0.818. The van der Waals surface area contributed by atoms with Gasteiger partial charge in [0.05, 0.1) is 5.54 Å². The van der Waals surface area contributed by atoms with Crippen LogP contribution in [0.15, 0.2) is 4.52 Å². The van der Waals surface area contributed by atoms with Crippen molar-refractivity contribution in [3.8, 4) is 0 Å². The molecule has 5 nitrogen and oxygen atoms in total. The Morgan fingerprint density at radius 2 is 2.06 bits per heavy atom. The van der Waals surface area contributed by atoms with E-state index in [1.807, 2.05) is 20.8 Å². The molecule has 0 aromatic carbocycles. The third-order valence-electron chi connectivity index (χ3n) is 2.20. The molecule has 1 heterocycles. The molecule has 16 heavy (non-hydrogen) atoms. The molecule has 2 N–H and O–H groups in total. The molecule has 0 radical (unpaired) electrons. The van der Waals surface area contributed by atoms with E-state index in [0.29, 0.717) is 24.2 Å². The fourth-order valence-corrected chi connectivity index (χ4v) is 1.36. The van der Waals surface area contributed by atoms with Gasteiger partial charge in [0.2, 0.25) is 11.7 Å². The van der Waals surface area contributed by atoms with Gasteiger partial charge in [-0.15, -0.1) is 0 Å². The summed E-state index contributed by atoms with van der Waals surface area (Å²) in [6.45, 7) is 10.3. The molecule has 1 unspecified atom stereocenters. The Labute approximate surface area is 96.4 Å². The summed E-state index contributed by atoms with van der Waals surface area (Å²) >= 11 is 0. The number of nitrogens with zero attached hydrogens (tertiary/aromatic N) is 2. The van der Waals surface area contributed by atoms with E-state index in [1.54, 1.807) is 0 Å². The molecule has 0 saturated heterocycles. The molecule has 0 fully saturated rings. The topological polar surface area (TPSA) is 74.2 Å². The number of hydrogen-bond donors (Lipinski definition) is 1. The lowest BCUT2D eigenvalue weighted by molar-refractivity contribution is 0.0217. The highest BCUT2D eigenvalue weighted by atomic mass is 16.5. The summed E-state index contributed by atoms with van der Waals surface area (Å²) in [6, 6.07) is 0. The van der Waals surface area contributed by atoms with Crippen LogP contribution in [0, 0.1) is 5.92 Å². The summed E-state index contributed by atoms with van der Waals surface area (Å²) in [5.41, 5.74) is 5.27. The zero-order valence-electron chi connectivity index (χ0n) is 10.7. The van der Waals surface area contributed by atoms with Gasteiger partial charge in [0, 0.05) is 6.61 Å². The number of aromatic nitrogens is 2. The van der Waals surface area contributed by atoms with Gasteiger partial charge in [0.15, 0.2) is 0 Å². The smallest absolute Gasteiger partial charge is 0.246 e. The van der Waals surface area contributed by atoms with Crippen LogP contribution in [0.2, 0.25) is 0 Å². The van der Waals surface area contributed by atoms with Crippen LogP contribution >= 0.6 is 0 Å². The van der Waals surface area contributed by atoms with Gasteiger partial charge in [-0.2, -0.15) is 4.98 Å². The average Bonchev–Trinajstić information content (AvgIpc) is 2.61. The maximum absolute atomic E-state index is 5.88. The van der Waals surface area contributed by atoms with Gasteiger partial charge in [-0.05, 0) is 26.7 Å². The van der Waals surface area contributed by atoms with Crippen molar-refractivity contribution in [3.05, 3.63) is 11.7 Å². The number of rotatable bonds is 5. The summed E-state index contributed by atoms with van der Waals surface area (Å²) < 4.78 is 10.7. The molecule has 0 aliphatic carbocycles. The number of nitrogens with two attached hydrogens (primary N) is 1. The van der Waals surface area contributed by atoms with Crippen molar-refractivity contribution in [3.63, 3.8) is 0 Å². The normalized spacial score (nSPS) is 14.4. The van der Waals surface area contributed by atoms with E-state index >= 15 is 0 Å². The second-order valence-electron chi connectivity index (χ2n) is 4.80. The minimum atomic E-state index is -0.612. The predicted octanol–water partition coefficient (Wildman–Crippen LogP) is 2.00. The first-order valence-corrected chi connectivity index (χ1v) is 5.60. The van der Waals surface area contributed by atoms with Gasteiger partial charge in [0.1, 0.15) is 6.10 Å². The van der Waals surface area contributed by atoms with E-state index in [0.717, 1.165) is 0 Å². The van der Waals surface area contributed by atoms with E-state index in [2.05, 4.69) is 24.0 Å². The lowest BCUT2D eigenvalue weighted by Gasteiger charge is -2.16. The summed E-state index contributed by atoms with van der Waals surface area (Å²) in [7, 11) is 0. The zero-order chi connectivity index (χ0) is 12.3. The van der Waals surface area contributed by atoms with Gasteiger partial charge in [-0.3, -0.25) is 0 Å². The summed E-state index contributed by atoms with van der Waals surface area (Å²) in [6.07, 6.45) is -0.134. The highest BCUT2D eigenvalue weighted by molar-refractivity contribution is 5.00. The maximum Gasteiger partial charge on any atom is 0.246 e. The Morgan fingerprint density at radius 3 is 2.44 bits per heavy atom. The van der Waals surface area contributed by atoms with Crippen molar-refractivity contribution >= 4 is 0 Å². The highest BCUT2D eigenvalue weighted by Gasteiger charge is 2.27. The molecular formula is C11H21N3O2. The molecule has 0 saturated carbocycles. The second kappa shape index (κ2) is 4.93. The third kappa shape index (κ3) is 3.02. The lowest BCUT2D eigenvalue weighted by Crippen LogP contribution is -2.29. The SMILES string of the molecule is CCOC(c1noc(C(C)(C)N)n1)C(C)C. The van der Waals surface area contributed by atoms with E-state index in [4.69, 9.17) is 15.0 Å². The molecule has 92 valence electrons. The van der Waals surface area contributed by atoms with Crippen LogP contribution in [-0.4, -0.2) is 16.7 Å². The quantitative estimate of drug-likeness (QED) is 0.832. The van der Waals surface area contributed by atoms with Crippen LogP contribution in [0.1, 0.15) is 52.4 Å². The van der Waals surface area contributed by atoms with Crippen molar-refractivity contribution in [1.82, 2.24) is 10.1 Å². The lowest BCUT2D eigenvalue weighted by atomic mass is 10.1. The van der Waals surface area contributed by atoms with Crippen molar-refractivity contribution in [2.75, 3.05) is 6.61 Å². The predicted molar refractivity (Wildman–Crippen MR) is 60.7 cm³/mol. The van der Waals surface area contributed by atoms with Crippen LogP contribution in [0.5, 0.6) is 0 Å². The van der Waals surface area contributed by atoms with Gasteiger partial charge < -0.3 is 15.0 Å². The largest absolute Gasteiger partial charge is 0.370 e. The van der Waals surface area contributed by atoms with Gasteiger partial charge >= 0.3 is 0 Å². The Bertz CT molecular complexity index is 328. The maximum atomic E-state index is 5.88. The first-order chi connectivity index (χ1) is 7.36. The first-order valence-electron chi connectivity index (χ1n) is 5.60. The zero-order valence-corrected chi connectivity index (χ0v) is 10.7. The van der Waals surface area contributed by atoms with Gasteiger partial charge in [-0.25, -0.2) is 0 Å². The van der Waals surface area contributed by atoms with Crippen molar-refractivity contribution in [2.45, 2.75) is 46.3 Å². The van der Waals surface area contributed by atoms with Crippen LogP contribution in [0.3, 0.4) is 0 Å². The van der Waals surface area contributed by atoms with E-state index in [9.17, 15) is 0 Å². The highest BCUT2D eigenvalue weighted by Crippen LogP contribution is 2.25. The third-order valence-corrected chi connectivity index (χ3v) is 2.20. The standard InChI is InChI=1S/C11H21N3O2/c1-6-15-8(7(2)3)9-13-10(16-14-9)11(4,5)12/h7-8H,6,12H2,1-5H3. The molecule has 0 bridgehead atoms. The van der Waals surface area contributed by atoms with Crippen LogP contribution in [0.25, 0.3) is 0 Å². The summed E-state index contributed by atoms with van der Waals surface area (Å²) in [4.78, 5) is 4.29. The second-order valence-corrected chi connectivity index (χ2v) is 4.80. The Balaban J connectivity index is 2.90. The summed E-state index contributed by atoms with van der Waals surface area (Å²) in [5.74, 6) is 1.31. The number of ether oxygens (including phenoxy) is 1. The molecule has 0 amide bonds. The molecule has 1 aromatic heterocycles. The van der Waals surface area contributed by atoms with E-state index in [-0.39, 0.29) is 6.10 Å². The van der Waals surface area contributed by atoms with Crippen molar-refractivity contribution in [1.29, 1.82) is 0 Å². The molecule has 0 aliphatic heterocycles. The van der Waals surface area contributed by atoms with E-state index < -0.39 is 5.54 Å². The van der Waals surface area contributed by atoms with Crippen LogP contribution < -0.4 is 5.73 Å². The van der Waals surface area contributed by atoms with Crippen LogP contribution in [-0.2, 0) is 10.3 Å². The molecule has 0 spiro atoms. The molecule has 0 aliphatic rings. The minimum Gasteiger partial charge on any atom is -0.370 e. The van der Waals surface area contributed by atoms with Crippen molar-refractivity contribution < 1.29 is 9.26 Å². The van der Waals surface area contributed by atoms with Crippen LogP contribution in [0.4, 0.5) is 0 Å². The Morgan fingerprint density at radius 1 is 1.44 bits per heavy atom. The molecule has 1 rings (SSSR count). The Kier molecular flexibility index (Phi) is 4.04. The number of hydrogen-bond acceptors (Lipinski definition) is 5. The van der Waals surface area contributed by atoms with Crippen molar-refractivity contribution in [2.24, 2.45) is 11.7 Å². The van der Waals surface area contributed by atoms with Gasteiger partial charge in [-0.1, -0.05) is 19.0 Å². The first kappa shape index (κ1) is 13.1. The fourth-order valence-electron chi connectivity index (χ4n) is 1.36. The van der Waals surface area contributed by atoms with Gasteiger partial charge in [0.25, 0.3) is 0 Å². The minimum absolute atomic E-state index is 0.134. The monoisotopic (exact) mass is 227 g/mol. The summed E-state index contributed by atoms with van der Waals surface area (Å²) in [5, 5.41) is 3.93.